The molecule has 0 radical (unpaired) electrons. The molecule has 0 bridgehead atoms. The van der Waals surface area contributed by atoms with Gasteiger partial charge in [-0.05, 0) is 30.7 Å². The van der Waals surface area contributed by atoms with Crippen LogP contribution in [0.1, 0.15) is 16.8 Å². The summed E-state index contributed by atoms with van der Waals surface area (Å²) in [4.78, 5) is 20.5. The zero-order chi connectivity index (χ0) is 21.0. The Morgan fingerprint density at radius 2 is 2.00 bits per heavy atom. The fourth-order valence-corrected chi connectivity index (χ4v) is 4.57. The van der Waals surface area contributed by atoms with Gasteiger partial charge in [0.1, 0.15) is 5.69 Å². The highest BCUT2D eigenvalue weighted by Gasteiger charge is 2.32. The Bertz CT molecular complexity index is 1020. The molecule has 0 aliphatic carbocycles. The summed E-state index contributed by atoms with van der Waals surface area (Å²) in [6.45, 7) is 5.37. The van der Waals surface area contributed by atoms with Crippen LogP contribution in [0.4, 0.5) is 0 Å². The second-order valence-electron chi connectivity index (χ2n) is 8.10. The van der Waals surface area contributed by atoms with Gasteiger partial charge in [0, 0.05) is 43.6 Å². The number of nitrogens with zero attached hydrogens (tertiary/aromatic N) is 2. The third kappa shape index (κ3) is 4.35. The minimum atomic E-state index is -0.0939. The zero-order valence-electron chi connectivity index (χ0n) is 17.5. The third-order valence-corrected chi connectivity index (χ3v) is 6.23. The van der Waals surface area contributed by atoms with Crippen molar-refractivity contribution < 1.29 is 18.7 Å². The first-order valence-electron chi connectivity index (χ1n) is 10.9. The molecule has 7 heteroatoms. The molecule has 0 saturated carbocycles. The summed E-state index contributed by atoms with van der Waals surface area (Å²) in [6.07, 6.45) is 2.64. The largest absolute Gasteiger partial charge is 0.463 e. The van der Waals surface area contributed by atoms with Gasteiger partial charge in [0.05, 0.1) is 37.2 Å². The Kier molecular flexibility index (Phi) is 5.97. The third-order valence-electron chi connectivity index (χ3n) is 6.23. The van der Waals surface area contributed by atoms with E-state index in [4.69, 9.17) is 13.9 Å². The smallest absolute Gasteiger partial charge is 0.252 e. The Morgan fingerprint density at radius 3 is 2.77 bits per heavy atom. The van der Waals surface area contributed by atoms with Gasteiger partial charge >= 0.3 is 0 Å². The maximum absolute atomic E-state index is 13.3. The fraction of sp³-hybridized carbons (Fsp3) is 0.417. The van der Waals surface area contributed by atoms with Crippen LogP contribution in [0.5, 0.6) is 0 Å². The van der Waals surface area contributed by atoms with E-state index in [2.05, 4.69) is 15.2 Å². The summed E-state index contributed by atoms with van der Waals surface area (Å²) >= 11 is 0. The van der Waals surface area contributed by atoms with Crippen molar-refractivity contribution in [2.75, 3.05) is 46.1 Å². The summed E-state index contributed by atoms with van der Waals surface area (Å²) in [7, 11) is 0. The van der Waals surface area contributed by atoms with Crippen LogP contribution in [0.15, 0.2) is 53.1 Å². The molecular weight excluding hydrogens is 394 g/mol. The van der Waals surface area contributed by atoms with E-state index in [-0.39, 0.29) is 11.9 Å². The van der Waals surface area contributed by atoms with Gasteiger partial charge in [-0.2, -0.15) is 0 Å². The number of para-hydroxylation sites is 1. The number of carbonyl (C=O) groups is 1. The lowest BCUT2D eigenvalue weighted by Crippen LogP contribution is -2.52. The molecule has 1 aromatic carbocycles. The van der Waals surface area contributed by atoms with Gasteiger partial charge in [0.15, 0.2) is 5.76 Å². The van der Waals surface area contributed by atoms with Crippen molar-refractivity contribution in [3.63, 3.8) is 0 Å². The Labute approximate surface area is 181 Å². The molecule has 2 atom stereocenters. The SMILES string of the molecule is O=C(NCC(C1CCOC1)N1CCOCC1)c1cc(-c2ccco2)nc2ccccc12. The Morgan fingerprint density at radius 1 is 1.13 bits per heavy atom. The number of pyridine rings is 1. The van der Waals surface area contributed by atoms with Crippen LogP contribution in [-0.2, 0) is 9.47 Å². The number of nitrogens with one attached hydrogen (secondary N) is 1. The highest BCUT2D eigenvalue weighted by Crippen LogP contribution is 2.26. The van der Waals surface area contributed by atoms with Crippen molar-refractivity contribution in [2.24, 2.45) is 5.92 Å². The van der Waals surface area contributed by atoms with Gasteiger partial charge in [-0.3, -0.25) is 9.69 Å². The molecule has 2 aliphatic rings. The van der Waals surface area contributed by atoms with Crippen LogP contribution in [0.3, 0.4) is 0 Å². The molecular formula is C24H27N3O4. The van der Waals surface area contributed by atoms with E-state index in [1.54, 1.807) is 6.26 Å². The van der Waals surface area contributed by atoms with Gasteiger partial charge < -0.3 is 19.2 Å². The number of hydrogen-bond donors (Lipinski definition) is 1. The van der Waals surface area contributed by atoms with Crippen LogP contribution >= 0.6 is 0 Å². The van der Waals surface area contributed by atoms with Crippen molar-refractivity contribution in [2.45, 2.75) is 12.5 Å². The maximum atomic E-state index is 13.3. The van der Waals surface area contributed by atoms with Gasteiger partial charge in [-0.15, -0.1) is 0 Å². The molecule has 1 N–H and O–H groups in total. The first-order chi connectivity index (χ1) is 15.3. The van der Waals surface area contributed by atoms with Gasteiger partial charge in [-0.25, -0.2) is 4.98 Å². The molecule has 162 valence electrons. The Hall–Kier alpha value is -2.74. The van der Waals surface area contributed by atoms with Crippen LogP contribution < -0.4 is 5.32 Å². The number of rotatable bonds is 6. The number of morpholine rings is 1. The van der Waals surface area contributed by atoms with Crippen molar-refractivity contribution in [1.29, 1.82) is 0 Å². The molecule has 7 nitrogen and oxygen atoms in total. The summed E-state index contributed by atoms with van der Waals surface area (Å²) in [6, 6.07) is 13.5. The summed E-state index contributed by atoms with van der Waals surface area (Å²) < 4.78 is 16.7. The van der Waals surface area contributed by atoms with Crippen LogP contribution in [0, 0.1) is 5.92 Å². The van der Waals surface area contributed by atoms with Crippen LogP contribution in [0.2, 0.25) is 0 Å². The first kappa shape index (κ1) is 20.2. The highest BCUT2D eigenvalue weighted by atomic mass is 16.5. The Balaban J connectivity index is 1.40. The molecule has 0 spiro atoms. The molecule has 2 fully saturated rings. The quantitative estimate of drug-likeness (QED) is 0.660. The number of ether oxygens (including phenoxy) is 2. The van der Waals surface area contributed by atoms with E-state index in [0.29, 0.717) is 29.5 Å². The van der Waals surface area contributed by atoms with E-state index >= 15 is 0 Å². The molecule has 3 aromatic rings. The lowest BCUT2D eigenvalue weighted by atomic mass is 9.96. The molecule has 31 heavy (non-hydrogen) atoms. The van der Waals surface area contributed by atoms with Crippen molar-refractivity contribution in [3.8, 4) is 11.5 Å². The van der Waals surface area contributed by atoms with Gasteiger partial charge in [-0.1, -0.05) is 18.2 Å². The fourth-order valence-electron chi connectivity index (χ4n) is 4.57. The maximum Gasteiger partial charge on any atom is 0.252 e. The monoisotopic (exact) mass is 421 g/mol. The van der Waals surface area contributed by atoms with Gasteiger partial charge in [0.2, 0.25) is 0 Å². The normalized spacial score (nSPS) is 20.7. The van der Waals surface area contributed by atoms with E-state index in [1.807, 2.05) is 42.5 Å². The van der Waals surface area contributed by atoms with Crippen molar-refractivity contribution in [3.05, 3.63) is 54.3 Å². The van der Waals surface area contributed by atoms with Crippen LogP contribution in [-0.4, -0.2) is 67.9 Å². The predicted molar refractivity (Wildman–Crippen MR) is 117 cm³/mol. The van der Waals surface area contributed by atoms with Crippen molar-refractivity contribution in [1.82, 2.24) is 15.2 Å². The van der Waals surface area contributed by atoms with E-state index < -0.39 is 0 Å². The summed E-state index contributed by atoms with van der Waals surface area (Å²) in [5, 5.41) is 4.04. The molecule has 4 heterocycles. The molecule has 5 rings (SSSR count). The number of amides is 1. The van der Waals surface area contributed by atoms with Crippen molar-refractivity contribution >= 4 is 16.8 Å². The average molecular weight is 421 g/mol. The minimum Gasteiger partial charge on any atom is -0.463 e. The standard InChI is InChI=1S/C24H27N3O4/c28-24(25-15-22(17-7-11-30-16-17)27-8-12-29-13-9-27)19-14-21(23-6-3-10-31-23)26-20-5-2-1-4-18(19)20/h1-6,10,14,17,22H,7-9,11-13,15-16H2,(H,25,28). The molecule has 1 amide bonds. The number of fused-ring (bicyclic) bond motifs is 1. The lowest BCUT2D eigenvalue weighted by molar-refractivity contribution is 0.00167. The minimum absolute atomic E-state index is 0.0939. The first-order valence-corrected chi connectivity index (χ1v) is 10.9. The second kappa shape index (κ2) is 9.18. The van der Waals surface area contributed by atoms with Crippen LogP contribution in [0.25, 0.3) is 22.4 Å². The second-order valence-corrected chi connectivity index (χ2v) is 8.10. The lowest BCUT2D eigenvalue weighted by Gasteiger charge is -2.37. The van der Waals surface area contributed by atoms with Gasteiger partial charge in [0.25, 0.3) is 5.91 Å². The zero-order valence-corrected chi connectivity index (χ0v) is 17.5. The van der Waals surface area contributed by atoms with E-state index in [1.165, 1.54) is 0 Å². The number of hydrogen-bond acceptors (Lipinski definition) is 6. The summed E-state index contributed by atoms with van der Waals surface area (Å²) in [5.74, 6) is 0.976. The number of benzene rings is 1. The van der Waals surface area contributed by atoms with E-state index in [0.717, 1.165) is 56.8 Å². The topological polar surface area (TPSA) is 76.8 Å². The number of furan rings is 1. The number of aromatic nitrogens is 1. The molecule has 2 aromatic heterocycles. The number of carbonyl (C=O) groups excluding carboxylic acids is 1. The molecule has 2 aliphatic heterocycles. The van der Waals surface area contributed by atoms with E-state index in [9.17, 15) is 4.79 Å². The average Bonchev–Trinajstić information content (AvgIpc) is 3.54. The molecule has 2 saturated heterocycles. The predicted octanol–water partition coefficient (Wildman–Crippen LogP) is 2.96. The molecule has 2 unspecified atom stereocenters. The highest BCUT2D eigenvalue weighted by molar-refractivity contribution is 6.07. The summed E-state index contributed by atoms with van der Waals surface area (Å²) in [5.41, 5.74) is 2.04.